The van der Waals surface area contributed by atoms with Gasteiger partial charge in [-0.05, 0) is 65.2 Å². The number of nitrogens with one attached hydrogen (secondary N) is 2. The zero-order chi connectivity index (χ0) is 25.7. The van der Waals surface area contributed by atoms with Gasteiger partial charge < -0.3 is 15.4 Å². The van der Waals surface area contributed by atoms with Crippen molar-refractivity contribution in [2.24, 2.45) is 0 Å². The molecule has 0 saturated heterocycles. The molecule has 1 heterocycles. The monoisotopic (exact) mass is 547 g/mol. The first-order valence-corrected chi connectivity index (χ1v) is 12.4. The number of urea groups is 1. The minimum Gasteiger partial charge on any atom is -0.463 e. The number of rotatable bonds is 7. The SMILES string of the molecule is CCOC(=O)C1=C(c2ccccc2)N(CC)C(=O)NC1c1cccc(NC(=O)c2ccccc2Br)c1. The van der Waals surface area contributed by atoms with Crippen molar-refractivity contribution >= 4 is 45.2 Å². The summed E-state index contributed by atoms with van der Waals surface area (Å²) in [4.78, 5) is 40.8. The first-order valence-electron chi connectivity index (χ1n) is 11.6. The van der Waals surface area contributed by atoms with E-state index in [2.05, 4.69) is 26.6 Å². The molecule has 36 heavy (non-hydrogen) atoms. The van der Waals surface area contributed by atoms with Crippen molar-refractivity contribution in [3.05, 3.63) is 106 Å². The summed E-state index contributed by atoms with van der Waals surface area (Å²) in [6.45, 7) is 4.16. The van der Waals surface area contributed by atoms with Crippen LogP contribution in [0.3, 0.4) is 0 Å². The molecular formula is C28H26BrN3O4. The topological polar surface area (TPSA) is 87.7 Å². The van der Waals surface area contributed by atoms with Crippen molar-refractivity contribution in [3.63, 3.8) is 0 Å². The second-order valence-electron chi connectivity index (χ2n) is 8.03. The van der Waals surface area contributed by atoms with Gasteiger partial charge in [-0.3, -0.25) is 9.69 Å². The molecule has 2 N–H and O–H groups in total. The Bertz CT molecular complexity index is 1320. The van der Waals surface area contributed by atoms with E-state index in [1.165, 1.54) is 4.90 Å². The third-order valence-electron chi connectivity index (χ3n) is 5.78. The zero-order valence-corrected chi connectivity index (χ0v) is 21.5. The highest BCUT2D eigenvalue weighted by atomic mass is 79.9. The Labute approximate surface area is 218 Å². The molecule has 0 aliphatic carbocycles. The Morgan fingerprint density at radius 3 is 2.42 bits per heavy atom. The van der Waals surface area contributed by atoms with Gasteiger partial charge in [0.1, 0.15) is 0 Å². The van der Waals surface area contributed by atoms with E-state index in [0.29, 0.717) is 39.1 Å². The van der Waals surface area contributed by atoms with Gasteiger partial charge in [-0.15, -0.1) is 0 Å². The van der Waals surface area contributed by atoms with E-state index in [1.54, 1.807) is 43.3 Å². The lowest BCUT2D eigenvalue weighted by molar-refractivity contribution is -0.138. The molecule has 7 nitrogen and oxygen atoms in total. The molecule has 1 aliphatic rings. The summed E-state index contributed by atoms with van der Waals surface area (Å²) < 4.78 is 6.11. The highest BCUT2D eigenvalue weighted by molar-refractivity contribution is 9.10. The molecule has 0 saturated carbocycles. The van der Waals surface area contributed by atoms with Gasteiger partial charge in [-0.1, -0.05) is 54.6 Å². The van der Waals surface area contributed by atoms with Crippen LogP contribution in [0.25, 0.3) is 5.70 Å². The standard InChI is InChI=1S/C28H26BrN3O4/c1-3-32-25(18-11-6-5-7-12-18)23(27(34)36-4-2)24(31-28(32)35)19-13-10-14-20(17-19)30-26(33)21-15-8-9-16-22(21)29/h5-17,24H,3-4H2,1-2H3,(H,30,33)(H,31,35). The molecule has 0 radical (unpaired) electrons. The van der Waals surface area contributed by atoms with Crippen molar-refractivity contribution in [2.45, 2.75) is 19.9 Å². The van der Waals surface area contributed by atoms with Crippen LogP contribution in [0.2, 0.25) is 0 Å². The second-order valence-corrected chi connectivity index (χ2v) is 8.89. The molecule has 3 amide bonds. The summed E-state index contributed by atoms with van der Waals surface area (Å²) >= 11 is 3.40. The van der Waals surface area contributed by atoms with Crippen LogP contribution in [-0.2, 0) is 9.53 Å². The van der Waals surface area contributed by atoms with Crippen LogP contribution in [0.5, 0.6) is 0 Å². The van der Waals surface area contributed by atoms with E-state index >= 15 is 0 Å². The molecule has 1 atom stereocenters. The first-order chi connectivity index (χ1) is 17.4. The molecule has 1 aliphatic heterocycles. The number of hydrogen-bond acceptors (Lipinski definition) is 4. The summed E-state index contributed by atoms with van der Waals surface area (Å²) in [7, 11) is 0. The summed E-state index contributed by atoms with van der Waals surface area (Å²) in [6, 6.07) is 22.5. The maximum absolute atomic E-state index is 13.3. The molecule has 4 rings (SSSR count). The molecule has 3 aromatic rings. The van der Waals surface area contributed by atoms with Crippen molar-refractivity contribution in [1.29, 1.82) is 0 Å². The number of amides is 3. The number of halogens is 1. The van der Waals surface area contributed by atoms with Gasteiger partial charge in [-0.2, -0.15) is 0 Å². The Hall–Kier alpha value is -3.91. The number of nitrogens with zero attached hydrogens (tertiary/aromatic N) is 1. The van der Waals surface area contributed by atoms with E-state index in [4.69, 9.17) is 4.74 Å². The van der Waals surface area contributed by atoms with Gasteiger partial charge in [0.05, 0.1) is 29.5 Å². The van der Waals surface area contributed by atoms with E-state index in [0.717, 1.165) is 5.56 Å². The van der Waals surface area contributed by atoms with Crippen LogP contribution in [0.4, 0.5) is 10.5 Å². The summed E-state index contributed by atoms with van der Waals surface area (Å²) in [5.74, 6) is -0.793. The number of ether oxygens (including phenoxy) is 1. The first kappa shape index (κ1) is 25.2. The largest absolute Gasteiger partial charge is 0.463 e. The summed E-state index contributed by atoms with van der Waals surface area (Å²) in [6.07, 6.45) is 0. The lowest BCUT2D eigenvalue weighted by Gasteiger charge is -2.36. The number of carbonyl (C=O) groups is 3. The fourth-order valence-corrected chi connectivity index (χ4v) is 4.64. The molecule has 0 aromatic heterocycles. The van der Waals surface area contributed by atoms with Crippen LogP contribution in [-0.4, -0.2) is 36.0 Å². The van der Waals surface area contributed by atoms with Gasteiger partial charge in [0.25, 0.3) is 5.91 Å². The van der Waals surface area contributed by atoms with Gasteiger partial charge in [0.2, 0.25) is 0 Å². The fourth-order valence-electron chi connectivity index (χ4n) is 4.18. The van der Waals surface area contributed by atoms with E-state index < -0.39 is 12.0 Å². The van der Waals surface area contributed by atoms with E-state index in [-0.39, 0.29) is 18.5 Å². The average molecular weight is 548 g/mol. The Balaban J connectivity index is 1.79. The zero-order valence-electron chi connectivity index (χ0n) is 20.0. The third kappa shape index (κ3) is 5.18. The van der Waals surface area contributed by atoms with Crippen molar-refractivity contribution < 1.29 is 19.1 Å². The number of esters is 1. The highest BCUT2D eigenvalue weighted by Gasteiger charge is 2.38. The number of anilines is 1. The highest BCUT2D eigenvalue weighted by Crippen LogP contribution is 2.37. The smallest absolute Gasteiger partial charge is 0.338 e. The molecule has 184 valence electrons. The van der Waals surface area contributed by atoms with Crippen molar-refractivity contribution in [1.82, 2.24) is 10.2 Å². The molecule has 3 aromatic carbocycles. The molecule has 0 bridgehead atoms. The normalized spacial score (nSPS) is 15.4. The second kappa shape index (κ2) is 11.2. The van der Waals surface area contributed by atoms with Crippen LogP contribution in [0.15, 0.2) is 88.9 Å². The quantitative estimate of drug-likeness (QED) is 0.368. The average Bonchev–Trinajstić information content (AvgIpc) is 2.89. The van der Waals surface area contributed by atoms with Crippen molar-refractivity contribution in [3.8, 4) is 0 Å². The maximum atomic E-state index is 13.3. The van der Waals surface area contributed by atoms with E-state index in [1.807, 2.05) is 49.4 Å². The Morgan fingerprint density at radius 2 is 1.72 bits per heavy atom. The number of benzene rings is 3. The molecule has 0 spiro atoms. The number of hydrogen-bond donors (Lipinski definition) is 2. The van der Waals surface area contributed by atoms with Crippen LogP contribution >= 0.6 is 15.9 Å². The lowest BCUT2D eigenvalue weighted by atomic mass is 9.91. The summed E-state index contributed by atoms with van der Waals surface area (Å²) in [5.41, 5.74) is 3.24. The Morgan fingerprint density at radius 1 is 1.00 bits per heavy atom. The minimum atomic E-state index is -0.769. The molecule has 0 fully saturated rings. The van der Waals surface area contributed by atoms with E-state index in [9.17, 15) is 14.4 Å². The predicted octanol–water partition coefficient (Wildman–Crippen LogP) is 5.76. The van der Waals surface area contributed by atoms with Gasteiger partial charge in [0.15, 0.2) is 0 Å². The minimum absolute atomic E-state index is 0.194. The van der Waals surface area contributed by atoms with Gasteiger partial charge >= 0.3 is 12.0 Å². The summed E-state index contributed by atoms with van der Waals surface area (Å²) in [5, 5.41) is 5.85. The van der Waals surface area contributed by atoms with Crippen LogP contribution in [0.1, 0.15) is 41.4 Å². The lowest BCUT2D eigenvalue weighted by Crippen LogP contribution is -2.47. The maximum Gasteiger partial charge on any atom is 0.338 e. The molecular weight excluding hydrogens is 522 g/mol. The predicted molar refractivity (Wildman–Crippen MR) is 142 cm³/mol. The Kier molecular flexibility index (Phi) is 7.85. The number of carbonyl (C=O) groups excluding carboxylic acids is 3. The molecule has 8 heteroatoms. The van der Waals surface area contributed by atoms with Gasteiger partial charge in [0, 0.05) is 16.7 Å². The van der Waals surface area contributed by atoms with Gasteiger partial charge in [-0.25, -0.2) is 9.59 Å². The van der Waals surface area contributed by atoms with Crippen LogP contribution < -0.4 is 10.6 Å². The van der Waals surface area contributed by atoms with Crippen molar-refractivity contribution in [2.75, 3.05) is 18.5 Å². The third-order valence-corrected chi connectivity index (χ3v) is 6.47. The molecule has 1 unspecified atom stereocenters. The van der Waals surface area contributed by atoms with Crippen LogP contribution in [0, 0.1) is 0 Å². The fraction of sp³-hybridized carbons (Fsp3) is 0.179.